The molecule has 94 valence electrons. The fourth-order valence-corrected chi connectivity index (χ4v) is 1.22. The first-order chi connectivity index (χ1) is 7.47. The Bertz CT molecular complexity index is 229. The molecule has 0 rings (SSSR count). The lowest BCUT2D eigenvalue weighted by atomic mass is 10.2. The van der Waals surface area contributed by atoms with E-state index in [2.05, 4.69) is 10.6 Å². The van der Waals surface area contributed by atoms with Crippen molar-refractivity contribution in [3.8, 4) is 0 Å². The molecule has 16 heavy (non-hydrogen) atoms. The zero-order valence-electron chi connectivity index (χ0n) is 10.4. The summed E-state index contributed by atoms with van der Waals surface area (Å²) in [5, 5.41) is 5.39. The van der Waals surface area contributed by atoms with E-state index in [4.69, 9.17) is 5.73 Å². The average Bonchev–Trinajstić information content (AvgIpc) is 2.16. The SMILES string of the molecule is CC(C)NC(=O)C(C)NC(=O)CCCCN. The van der Waals surface area contributed by atoms with Crippen LogP contribution in [-0.2, 0) is 9.59 Å². The lowest BCUT2D eigenvalue weighted by Gasteiger charge is -2.15. The number of hydrogen-bond acceptors (Lipinski definition) is 3. The molecular weight excluding hydrogens is 206 g/mol. The molecule has 0 aliphatic rings. The van der Waals surface area contributed by atoms with Gasteiger partial charge in [0.1, 0.15) is 6.04 Å². The predicted octanol–water partition coefficient (Wildman–Crippen LogP) is 0.145. The van der Waals surface area contributed by atoms with E-state index in [1.54, 1.807) is 6.92 Å². The molecule has 1 unspecified atom stereocenters. The van der Waals surface area contributed by atoms with Crippen molar-refractivity contribution in [1.82, 2.24) is 10.6 Å². The third-order valence-electron chi connectivity index (χ3n) is 2.06. The highest BCUT2D eigenvalue weighted by Crippen LogP contribution is 1.94. The molecule has 0 radical (unpaired) electrons. The lowest BCUT2D eigenvalue weighted by Crippen LogP contribution is -2.46. The van der Waals surface area contributed by atoms with Gasteiger partial charge in [0.15, 0.2) is 0 Å². The van der Waals surface area contributed by atoms with Crippen LogP contribution < -0.4 is 16.4 Å². The van der Waals surface area contributed by atoms with Gasteiger partial charge < -0.3 is 16.4 Å². The number of nitrogens with two attached hydrogens (primary N) is 1. The van der Waals surface area contributed by atoms with E-state index in [0.717, 1.165) is 12.8 Å². The molecule has 0 spiro atoms. The van der Waals surface area contributed by atoms with Crippen molar-refractivity contribution in [3.63, 3.8) is 0 Å². The van der Waals surface area contributed by atoms with E-state index in [0.29, 0.717) is 13.0 Å². The highest BCUT2D eigenvalue weighted by Gasteiger charge is 2.15. The number of hydrogen-bond donors (Lipinski definition) is 3. The van der Waals surface area contributed by atoms with Crippen LogP contribution >= 0.6 is 0 Å². The van der Waals surface area contributed by atoms with Gasteiger partial charge in [-0.3, -0.25) is 9.59 Å². The van der Waals surface area contributed by atoms with Crippen LogP contribution in [-0.4, -0.2) is 30.4 Å². The summed E-state index contributed by atoms with van der Waals surface area (Å²) in [6, 6.07) is -0.392. The van der Waals surface area contributed by atoms with Gasteiger partial charge in [0.25, 0.3) is 0 Å². The van der Waals surface area contributed by atoms with Crippen LogP contribution in [0.4, 0.5) is 0 Å². The van der Waals surface area contributed by atoms with Gasteiger partial charge in [-0.25, -0.2) is 0 Å². The second-order valence-electron chi connectivity index (χ2n) is 4.20. The minimum absolute atomic E-state index is 0.0871. The van der Waals surface area contributed by atoms with E-state index in [9.17, 15) is 9.59 Å². The van der Waals surface area contributed by atoms with E-state index < -0.39 is 6.04 Å². The molecule has 0 aromatic rings. The topological polar surface area (TPSA) is 84.2 Å². The van der Waals surface area contributed by atoms with Crippen molar-refractivity contribution in [2.75, 3.05) is 6.54 Å². The Hall–Kier alpha value is -1.10. The van der Waals surface area contributed by atoms with Crippen LogP contribution in [0.25, 0.3) is 0 Å². The Labute approximate surface area is 97.2 Å². The van der Waals surface area contributed by atoms with Crippen LogP contribution in [0, 0.1) is 0 Å². The maximum atomic E-state index is 11.5. The molecule has 2 amide bonds. The summed E-state index contributed by atoms with van der Waals surface area (Å²) in [7, 11) is 0. The maximum Gasteiger partial charge on any atom is 0.242 e. The number of carbonyl (C=O) groups excluding carboxylic acids is 2. The molecule has 0 fully saturated rings. The number of nitrogens with one attached hydrogen (secondary N) is 2. The summed E-state index contributed by atoms with van der Waals surface area (Å²) in [6.07, 6.45) is 2.03. The summed E-state index contributed by atoms with van der Waals surface area (Å²) in [6.45, 7) is 6.04. The highest BCUT2D eigenvalue weighted by molar-refractivity contribution is 5.87. The van der Waals surface area contributed by atoms with Crippen LogP contribution in [0.2, 0.25) is 0 Å². The second kappa shape index (κ2) is 8.10. The molecule has 0 saturated heterocycles. The van der Waals surface area contributed by atoms with Crippen molar-refractivity contribution in [3.05, 3.63) is 0 Å². The van der Waals surface area contributed by atoms with Gasteiger partial charge in [-0.05, 0) is 40.2 Å². The molecule has 0 aromatic carbocycles. The van der Waals surface area contributed by atoms with E-state index in [1.807, 2.05) is 13.8 Å². The van der Waals surface area contributed by atoms with E-state index >= 15 is 0 Å². The Morgan fingerprint density at radius 3 is 2.25 bits per heavy atom. The van der Waals surface area contributed by atoms with Gasteiger partial charge in [-0.15, -0.1) is 0 Å². The summed E-state index contributed by atoms with van der Waals surface area (Å²) >= 11 is 0. The Morgan fingerprint density at radius 2 is 1.75 bits per heavy atom. The standard InChI is InChI=1S/C11H23N3O2/c1-8(2)13-11(16)9(3)14-10(15)6-4-5-7-12/h8-9H,4-7,12H2,1-3H3,(H,13,16)(H,14,15). The fourth-order valence-electron chi connectivity index (χ4n) is 1.22. The van der Waals surface area contributed by atoms with Crippen LogP contribution in [0.15, 0.2) is 0 Å². The third-order valence-corrected chi connectivity index (χ3v) is 2.06. The van der Waals surface area contributed by atoms with Gasteiger partial charge in [-0.1, -0.05) is 0 Å². The van der Waals surface area contributed by atoms with Gasteiger partial charge in [0.2, 0.25) is 11.8 Å². The third kappa shape index (κ3) is 7.23. The van der Waals surface area contributed by atoms with Crippen LogP contribution in [0.1, 0.15) is 40.0 Å². The number of unbranched alkanes of at least 4 members (excludes halogenated alkanes) is 1. The van der Waals surface area contributed by atoms with Crippen LogP contribution in [0.3, 0.4) is 0 Å². The smallest absolute Gasteiger partial charge is 0.242 e. The van der Waals surface area contributed by atoms with Crippen molar-refractivity contribution >= 4 is 11.8 Å². The quantitative estimate of drug-likeness (QED) is 0.543. The molecule has 5 heteroatoms. The van der Waals surface area contributed by atoms with Crippen LogP contribution in [0.5, 0.6) is 0 Å². The fraction of sp³-hybridized carbons (Fsp3) is 0.818. The van der Waals surface area contributed by atoms with Crippen molar-refractivity contribution < 1.29 is 9.59 Å². The number of carbonyl (C=O) groups is 2. The van der Waals surface area contributed by atoms with Gasteiger partial charge in [0, 0.05) is 12.5 Å². The van der Waals surface area contributed by atoms with Gasteiger partial charge in [0.05, 0.1) is 0 Å². The highest BCUT2D eigenvalue weighted by atomic mass is 16.2. The Kier molecular flexibility index (Phi) is 7.54. The Morgan fingerprint density at radius 1 is 1.12 bits per heavy atom. The minimum Gasteiger partial charge on any atom is -0.352 e. The molecule has 0 aromatic heterocycles. The monoisotopic (exact) mass is 229 g/mol. The van der Waals surface area contributed by atoms with Crippen molar-refractivity contribution in [1.29, 1.82) is 0 Å². The summed E-state index contributed by atoms with van der Waals surface area (Å²) in [4.78, 5) is 22.9. The molecule has 0 aliphatic heterocycles. The number of rotatable bonds is 7. The van der Waals surface area contributed by atoms with E-state index in [-0.39, 0.29) is 17.9 Å². The zero-order chi connectivity index (χ0) is 12.6. The molecule has 0 saturated carbocycles. The molecule has 5 nitrogen and oxygen atoms in total. The van der Waals surface area contributed by atoms with Gasteiger partial charge in [-0.2, -0.15) is 0 Å². The van der Waals surface area contributed by atoms with Crippen molar-refractivity contribution in [2.24, 2.45) is 5.73 Å². The minimum atomic E-state index is -0.479. The second-order valence-corrected chi connectivity index (χ2v) is 4.20. The summed E-state index contributed by atoms with van der Waals surface area (Å²) < 4.78 is 0. The lowest BCUT2D eigenvalue weighted by molar-refractivity contribution is -0.128. The largest absolute Gasteiger partial charge is 0.352 e. The van der Waals surface area contributed by atoms with Crippen molar-refractivity contribution in [2.45, 2.75) is 52.1 Å². The summed E-state index contributed by atoms with van der Waals surface area (Å²) in [5.41, 5.74) is 5.32. The molecule has 0 bridgehead atoms. The molecule has 0 aliphatic carbocycles. The summed E-state index contributed by atoms with van der Waals surface area (Å²) in [5.74, 6) is -0.248. The molecule has 1 atom stereocenters. The van der Waals surface area contributed by atoms with Gasteiger partial charge >= 0.3 is 0 Å². The maximum absolute atomic E-state index is 11.5. The molecular formula is C11H23N3O2. The first kappa shape index (κ1) is 14.9. The zero-order valence-corrected chi connectivity index (χ0v) is 10.4. The Balaban J connectivity index is 3.80. The first-order valence-electron chi connectivity index (χ1n) is 5.77. The molecule has 4 N–H and O–H groups in total. The average molecular weight is 229 g/mol. The number of amides is 2. The van der Waals surface area contributed by atoms with E-state index in [1.165, 1.54) is 0 Å². The normalized spacial score (nSPS) is 12.3. The molecule has 0 heterocycles. The first-order valence-corrected chi connectivity index (χ1v) is 5.77. The predicted molar refractivity (Wildman–Crippen MR) is 63.8 cm³/mol.